The average Bonchev–Trinajstić information content (AvgIpc) is 2.39. The maximum atomic E-state index is 11.8. The molecule has 1 aliphatic rings. The standard InChI is InChI=1S/C13H24N2O4/c14-9-13(5-2-1-3-6-13)8-11(17)15-7-4-10(16)12(18)19/h10,16H,1-9,14H2,(H,15,17)(H,18,19)/t10-/m0/s1. The van der Waals surface area contributed by atoms with Crippen LogP contribution in [0.2, 0.25) is 0 Å². The molecule has 1 aliphatic carbocycles. The third kappa shape index (κ3) is 5.16. The first-order valence-electron chi connectivity index (χ1n) is 6.87. The molecule has 1 amide bonds. The molecule has 5 N–H and O–H groups in total. The van der Waals surface area contributed by atoms with Crippen molar-refractivity contribution in [1.29, 1.82) is 0 Å². The van der Waals surface area contributed by atoms with Gasteiger partial charge < -0.3 is 21.3 Å². The van der Waals surface area contributed by atoms with Crippen molar-refractivity contribution >= 4 is 11.9 Å². The van der Waals surface area contributed by atoms with Crippen molar-refractivity contribution in [3.05, 3.63) is 0 Å². The number of rotatable bonds is 7. The predicted octanol–water partition coefficient (Wildman–Crippen LogP) is 0.238. The van der Waals surface area contributed by atoms with Crippen LogP contribution < -0.4 is 11.1 Å². The first-order chi connectivity index (χ1) is 8.99. The van der Waals surface area contributed by atoms with E-state index in [0.717, 1.165) is 25.7 Å². The van der Waals surface area contributed by atoms with Gasteiger partial charge in [0.05, 0.1) is 0 Å². The second-order valence-electron chi connectivity index (χ2n) is 5.43. The zero-order valence-corrected chi connectivity index (χ0v) is 11.2. The van der Waals surface area contributed by atoms with E-state index in [-0.39, 0.29) is 24.3 Å². The number of hydrogen-bond acceptors (Lipinski definition) is 4. The number of aliphatic carboxylic acids is 1. The predicted molar refractivity (Wildman–Crippen MR) is 70.5 cm³/mol. The van der Waals surface area contributed by atoms with E-state index in [0.29, 0.717) is 13.0 Å². The summed E-state index contributed by atoms with van der Waals surface area (Å²) in [4.78, 5) is 22.2. The molecule has 110 valence electrons. The lowest BCUT2D eigenvalue weighted by Gasteiger charge is -2.35. The number of nitrogens with two attached hydrogens (primary N) is 1. The molecule has 0 spiro atoms. The molecule has 0 aromatic carbocycles. The highest BCUT2D eigenvalue weighted by Gasteiger charge is 2.32. The minimum Gasteiger partial charge on any atom is -0.479 e. The van der Waals surface area contributed by atoms with Gasteiger partial charge in [-0.1, -0.05) is 19.3 Å². The van der Waals surface area contributed by atoms with E-state index in [1.54, 1.807) is 0 Å². The summed E-state index contributed by atoms with van der Waals surface area (Å²) in [7, 11) is 0. The lowest BCUT2D eigenvalue weighted by atomic mass is 9.71. The Morgan fingerprint density at radius 2 is 1.89 bits per heavy atom. The molecule has 0 aromatic rings. The Labute approximate surface area is 113 Å². The monoisotopic (exact) mass is 272 g/mol. The summed E-state index contributed by atoms with van der Waals surface area (Å²) in [6.07, 6.45) is 4.39. The summed E-state index contributed by atoms with van der Waals surface area (Å²) in [6.45, 7) is 0.686. The Kier molecular flexibility index (Phi) is 6.24. The number of amides is 1. The van der Waals surface area contributed by atoms with E-state index in [9.17, 15) is 9.59 Å². The van der Waals surface area contributed by atoms with Gasteiger partial charge in [0.15, 0.2) is 6.10 Å². The normalized spacial score (nSPS) is 19.7. The van der Waals surface area contributed by atoms with Crippen molar-refractivity contribution < 1.29 is 19.8 Å². The number of carbonyl (C=O) groups excluding carboxylic acids is 1. The molecule has 1 rings (SSSR count). The first-order valence-corrected chi connectivity index (χ1v) is 6.87. The highest BCUT2D eigenvalue weighted by atomic mass is 16.4. The van der Waals surface area contributed by atoms with Crippen molar-refractivity contribution in [3.63, 3.8) is 0 Å². The molecule has 0 aromatic heterocycles. The van der Waals surface area contributed by atoms with Gasteiger partial charge in [0.2, 0.25) is 5.91 Å². The average molecular weight is 272 g/mol. The molecule has 0 bridgehead atoms. The largest absolute Gasteiger partial charge is 0.479 e. The molecule has 1 atom stereocenters. The maximum absolute atomic E-state index is 11.8. The molecule has 0 saturated heterocycles. The summed E-state index contributed by atoms with van der Waals surface area (Å²) in [5, 5.41) is 20.3. The number of carbonyl (C=O) groups is 2. The zero-order valence-electron chi connectivity index (χ0n) is 11.2. The minimum atomic E-state index is -1.42. The fourth-order valence-corrected chi connectivity index (χ4v) is 2.63. The summed E-state index contributed by atoms with van der Waals surface area (Å²) < 4.78 is 0. The van der Waals surface area contributed by atoms with Crippen molar-refractivity contribution in [2.24, 2.45) is 11.1 Å². The van der Waals surface area contributed by atoms with Gasteiger partial charge in [-0.15, -0.1) is 0 Å². The van der Waals surface area contributed by atoms with Crippen LogP contribution in [0.25, 0.3) is 0 Å². The zero-order chi connectivity index (χ0) is 14.3. The second kappa shape index (κ2) is 7.45. The van der Waals surface area contributed by atoms with Gasteiger partial charge in [-0.3, -0.25) is 4.79 Å². The number of carboxylic acids is 1. The highest BCUT2D eigenvalue weighted by molar-refractivity contribution is 5.77. The van der Waals surface area contributed by atoms with Crippen LogP contribution in [0.3, 0.4) is 0 Å². The molecule has 0 unspecified atom stereocenters. The summed E-state index contributed by atoms with van der Waals surface area (Å²) in [6, 6.07) is 0. The van der Waals surface area contributed by atoms with Crippen LogP contribution >= 0.6 is 0 Å². The Hall–Kier alpha value is -1.14. The highest BCUT2D eigenvalue weighted by Crippen LogP contribution is 2.38. The molecule has 6 heteroatoms. The number of hydrogen-bond donors (Lipinski definition) is 4. The minimum absolute atomic E-state index is 0.0245. The Morgan fingerprint density at radius 1 is 1.26 bits per heavy atom. The number of aliphatic hydroxyl groups is 1. The molecule has 1 fully saturated rings. The van der Waals surface area contributed by atoms with Gasteiger partial charge in [-0.25, -0.2) is 4.79 Å². The lowest BCUT2D eigenvalue weighted by Crippen LogP contribution is -2.39. The number of carboxylic acid groups (broad SMARTS) is 1. The summed E-state index contributed by atoms with van der Waals surface area (Å²) in [5.74, 6) is -1.37. The molecule has 19 heavy (non-hydrogen) atoms. The lowest BCUT2D eigenvalue weighted by molar-refractivity contribution is -0.147. The maximum Gasteiger partial charge on any atom is 0.332 e. The fourth-order valence-electron chi connectivity index (χ4n) is 2.63. The van der Waals surface area contributed by atoms with Gasteiger partial charge in [0, 0.05) is 19.4 Å². The van der Waals surface area contributed by atoms with Gasteiger partial charge in [0.25, 0.3) is 0 Å². The van der Waals surface area contributed by atoms with Gasteiger partial charge in [-0.05, 0) is 24.8 Å². The van der Waals surface area contributed by atoms with E-state index in [1.165, 1.54) is 6.42 Å². The Balaban J connectivity index is 2.31. The molecule has 0 aliphatic heterocycles. The van der Waals surface area contributed by atoms with E-state index >= 15 is 0 Å². The van der Waals surface area contributed by atoms with Crippen molar-refractivity contribution in [1.82, 2.24) is 5.32 Å². The van der Waals surface area contributed by atoms with Crippen molar-refractivity contribution in [2.75, 3.05) is 13.1 Å². The third-order valence-electron chi connectivity index (χ3n) is 3.91. The smallest absolute Gasteiger partial charge is 0.332 e. The van der Waals surface area contributed by atoms with Crippen LogP contribution in [-0.4, -0.2) is 41.3 Å². The summed E-state index contributed by atoms with van der Waals surface area (Å²) in [5.41, 5.74) is 5.72. The van der Waals surface area contributed by atoms with E-state index in [1.807, 2.05) is 0 Å². The van der Waals surface area contributed by atoms with Crippen LogP contribution in [0, 0.1) is 5.41 Å². The molecule has 0 radical (unpaired) electrons. The third-order valence-corrected chi connectivity index (χ3v) is 3.91. The van der Waals surface area contributed by atoms with E-state index in [4.69, 9.17) is 15.9 Å². The topological polar surface area (TPSA) is 113 Å². The fraction of sp³-hybridized carbons (Fsp3) is 0.846. The van der Waals surface area contributed by atoms with Gasteiger partial charge >= 0.3 is 5.97 Å². The molecular weight excluding hydrogens is 248 g/mol. The Bertz CT molecular complexity index is 314. The van der Waals surface area contributed by atoms with E-state index < -0.39 is 12.1 Å². The summed E-state index contributed by atoms with van der Waals surface area (Å²) >= 11 is 0. The van der Waals surface area contributed by atoms with Crippen LogP contribution in [-0.2, 0) is 9.59 Å². The Morgan fingerprint density at radius 3 is 2.42 bits per heavy atom. The molecule has 6 nitrogen and oxygen atoms in total. The van der Waals surface area contributed by atoms with Crippen LogP contribution in [0.4, 0.5) is 0 Å². The van der Waals surface area contributed by atoms with Crippen LogP contribution in [0.1, 0.15) is 44.9 Å². The van der Waals surface area contributed by atoms with Crippen molar-refractivity contribution in [2.45, 2.75) is 51.0 Å². The van der Waals surface area contributed by atoms with Gasteiger partial charge in [0.1, 0.15) is 0 Å². The second-order valence-corrected chi connectivity index (χ2v) is 5.43. The van der Waals surface area contributed by atoms with E-state index in [2.05, 4.69) is 5.32 Å². The molecule has 0 heterocycles. The van der Waals surface area contributed by atoms with Crippen molar-refractivity contribution in [3.8, 4) is 0 Å². The first kappa shape index (κ1) is 15.9. The van der Waals surface area contributed by atoms with Crippen LogP contribution in [0.5, 0.6) is 0 Å². The number of aliphatic hydroxyl groups excluding tert-OH is 1. The van der Waals surface area contributed by atoms with Crippen LogP contribution in [0.15, 0.2) is 0 Å². The molecule has 1 saturated carbocycles. The number of nitrogens with one attached hydrogen (secondary N) is 1. The molecular formula is C13H24N2O4. The SMILES string of the molecule is NCC1(CC(=O)NCC[C@H](O)C(=O)O)CCCCC1. The quantitative estimate of drug-likeness (QED) is 0.530. The van der Waals surface area contributed by atoms with Gasteiger partial charge in [-0.2, -0.15) is 0 Å².